The summed E-state index contributed by atoms with van der Waals surface area (Å²) in [5, 5.41) is 1.17. The van der Waals surface area contributed by atoms with Crippen LogP contribution in [0.1, 0.15) is 39.2 Å². The summed E-state index contributed by atoms with van der Waals surface area (Å²) in [4.78, 5) is 11.6. The van der Waals surface area contributed by atoms with Gasteiger partial charge < -0.3 is 10.5 Å². The maximum atomic E-state index is 11.6. The molecule has 0 amide bonds. The van der Waals surface area contributed by atoms with E-state index in [1.54, 1.807) is 19.1 Å². The largest absolute Gasteiger partial charge is 0.461 e. The first-order valence-corrected chi connectivity index (χ1v) is 7.40. The molecule has 0 bridgehead atoms. The summed E-state index contributed by atoms with van der Waals surface area (Å²) in [6.07, 6.45) is -0.313. The predicted molar refractivity (Wildman–Crippen MR) is 83.2 cm³/mol. The van der Waals surface area contributed by atoms with Crippen LogP contribution >= 0.6 is 23.2 Å². The Bertz CT molecular complexity index is 475. The molecular formula is C15H21Cl2NO2. The molecule has 0 aliphatic rings. The van der Waals surface area contributed by atoms with Gasteiger partial charge in [-0.3, -0.25) is 4.79 Å². The van der Waals surface area contributed by atoms with Crippen LogP contribution in [0.5, 0.6) is 0 Å². The van der Waals surface area contributed by atoms with Gasteiger partial charge in [-0.2, -0.15) is 0 Å². The summed E-state index contributed by atoms with van der Waals surface area (Å²) in [5.74, 6) is -0.166. The lowest BCUT2D eigenvalue weighted by Gasteiger charge is -2.29. The molecule has 1 rings (SSSR count). The van der Waals surface area contributed by atoms with Crippen LogP contribution in [-0.2, 0) is 9.53 Å². The van der Waals surface area contributed by atoms with Gasteiger partial charge in [-0.05, 0) is 37.5 Å². The number of rotatable bonds is 5. The fourth-order valence-corrected chi connectivity index (χ4v) is 2.82. The number of halogens is 2. The van der Waals surface area contributed by atoms with Crippen LogP contribution < -0.4 is 5.73 Å². The van der Waals surface area contributed by atoms with Crippen LogP contribution in [0.2, 0.25) is 10.0 Å². The van der Waals surface area contributed by atoms with Crippen molar-refractivity contribution in [2.45, 2.75) is 45.8 Å². The summed E-state index contributed by atoms with van der Waals surface area (Å²) in [6, 6.07) is 4.74. The van der Waals surface area contributed by atoms with Crippen molar-refractivity contribution in [2.24, 2.45) is 11.7 Å². The first-order chi connectivity index (χ1) is 9.23. The standard InChI is InChI=1S/C15H21Cl2NO2/c1-8(2)14(10(4)20-15(19)9(3)18)12-6-5-11(16)7-13(12)17/h5-10,14H,18H2,1-4H3/t9-,10-,14+/m0/s1. The number of carbonyl (C=O) groups excluding carboxylic acids is 1. The second-order valence-corrected chi connectivity index (χ2v) is 6.21. The molecule has 5 heteroatoms. The molecule has 3 atom stereocenters. The molecule has 0 aliphatic heterocycles. The molecule has 1 aromatic carbocycles. The Morgan fingerprint density at radius 3 is 2.25 bits per heavy atom. The van der Waals surface area contributed by atoms with Crippen LogP contribution in [0.25, 0.3) is 0 Å². The van der Waals surface area contributed by atoms with Crippen molar-refractivity contribution in [2.75, 3.05) is 0 Å². The maximum Gasteiger partial charge on any atom is 0.322 e. The lowest BCUT2D eigenvalue weighted by molar-refractivity contribution is -0.151. The lowest BCUT2D eigenvalue weighted by Crippen LogP contribution is -2.34. The number of hydrogen-bond acceptors (Lipinski definition) is 3. The molecule has 0 aromatic heterocycles. The van der Waals surface area contributed by atoms with E-state index in [1.807, 2.05) is 13.0 Å². The Hall–Kier alpha value is -0.770. The molecule has 0 radical (unpaired) electrons. The van der Waals surface area contributed by atoms with E-state index in [4.69, 9.17) is 33.7 Å². The maximum absolute atomic E-state index is 11.6. The Balaban J connectivity index is 3.02. The van der Waals surface area contributed by atoms with Crippen molar-refractivity contribution in [1.82, 2.24) is 0 Å². The molecule has 1 aromatic rings. The van der Waals surface area contributed by atoms with Gasteiger partial charge >= 0.3 is 5.97 Å². The minimum Gasteiger partial charge on any atom is -0.461 e. The van der Waals surface area contributed by atoms with Crippen molar-refractivity contribution in [1.29, 1.82) is 0 Å². The molecule has 20 heavy (non-hydrogen) atoms. The molecule has 0 saturated carbocycles. The van der Waals surface area contributed by atoms with Crippen molar-refractivity contribution in [3.05, 3.63) is 33.8 Å². The van der Waals surface area contributed by atoms with Gasteiger partial charge in [0.1, 0.15) is 12.1 Å². The summed E-state index contributed by atoms with van der Waals surface area (Å²) < 4.78 is 5.42. The Morgan fingerprint density at radius 2 is 1.80 bits per heavy atom. The zero-order valence-electron chi connectivity index (χ0n) is 12.2. The fourth-order valence-electron chi connectivity index (χ4n) is 2.29. The number of hydrogen-bond donors (Lipinski definition) is 1. The van der Waals surface area contributed by atoms with Crippen LogP contribution in [0, 0.1) is 5.92 Å². The summed E-state index contributed by atoms with van der Waals surface area (Å²) in [7, 11) is 0. The minimum atomic E-state index is -0.633. The third-order valence-corrected chi connectivity index (χ3v) is 3.78. The zero-order chi connectivity index (χ0) is 15.4. The molecule has 0 heterocycles. The van der Waals surface area contributed by atoms with E-state index in [9.17, 15) is 4.79 Å². The molecule has 0 fully saturated rings. The fraction of sp³-hybridized carbons (Fsp3) is 0.533. The molecule has 3 nitrogen and oxygen atoms in total. The van der Waals surface area contributed by atoms with E-state index in [-0.39, 0.29) is 17.9 Å². The normalized spacial score (nSPS) is 15.8. The summed E-state index contributed by atoms with van der Waals surface area (Å²) in [6.45, 7) is 7.59. The van der Waals surface area contributed by atoms with E-state index in [1.165, 1.54) is 0 Å². The summed E-state index contributed by atoms with van der Waals surface area (Å²) >= 11 is 12.2. The number of carbonyl (C=O) groups is 1. The number of benzene rings is 1. The second kappa shape index (κ2) is 7.30. The van der Waals surface area contributed by atoms with Crippen LogP contribution in [-0.4, -0.2) is 18.1 Å². The Morgan fingerprint density at radius 1 is 1.20 bits per heavy atom. The lowest BCUT2D eigenvalue weighted by atomic mass is 9.84. The van der Waals surface area contributed by atoms with Gasteiger partial charge in [0.2, 0.25) is 0 Å². The van der Waals surface area contributed by atoms with Crippen molar-refractivity contribution >= 4 is 29.2 Å². The van der Waals surface area contributed by atoms with Crippen LogP contribution in [0.4, 0.5) is 0 Å². The van der Waals surface area contributed by atoms with E-state index in [2.05, 4.69) is 13.8 Å². The highest BCUT2D eigenvalue weighted by atomic mass is 35.5. The SMILES string of the molecule is CC(C)[C@@H](c1ccc(Cl)cc1Cl)[C@H](C)OC(=O)[C@H](C)N. The van der Waals surface area contributed by atoms with E-state index in [0.29, 0.717) is 10.0 Å². The van der Waals surface area contributed by atoms with Gasteiger partial charge in [0, 0.05) is 16.0 Å². The quantitative estimate of drug-likeness (QED) is 0.835. The van der Waals surface area contributed by atoms with E-state index in [0.717, 1.165) is 5.56 Å². The Kier molecular flexibility index (Phi) is 6.31. The third kappa shape index (κ3) is 4.37. The topological polar surface area (TPSA) is 52.3 Å². The average molecular weight is 318 g/mol. The van der Waals surface area contributed by atoms with Gasteiger partial charge in [0.15, 0.2) is 0 Å². The molecule has 0 unspecified atom stereocenters. The highest BCUT2D eigenvalue weighted by Gasteiger charge is 2.28. The highest BCUT2D eigenvalue weighted by Crippen LogP contribution is 2.35. The first-order valence-electron chi connectivity index (χ1n) is 6.65. The zero-order valence-corrected chi connectivity index (χ0v) is 13.7. The number of nitrogens with two attached hydrogens (primary N) is 1. The van der Waals surface area contributed by atoms with E-state index < -0.39 is 12.0 Å². The number of ether oxygens (including phenoxy) is 1. The molecule has 0 aliphatic carbocycles. The molecular weight excluding hydrogens is 297 g/mol. The van der Waals surface area contributed by atoms with Gasteiger partial charge in [-0.25, -0.2) is 0 Å². The molecule has 112 valence electrons. The monoisotopic (exact) mass is 317 g/mol. The van der Waals surface area contributed by atoms with Crippen LogP contribution in [0.15, 0.2) is 18.2 Å². The highest BCUT2D eigenvalue weighted by molar-refractivity contribution is 6.35. The molecule has 0 spiro atoms. The first kappa shape index (κ1) is 17.3. The van der Waals surface area contributed by atoms with Crippen molar-refractivity contribution < 1.29 is 9.53 Å². The van der Waals surface area contributed by atoms with Crippen LogP contribution in [0.3, 0.4) is 0 Å². The van der Waals surface area contributed by atoms with Gasteiger partial charge in [-0.1, -0.05) is 43.1 Å². The predicted octanol–water partition coefficient (Wildman–Crippen LogP) is 4.01. The smallest absolute Gasteiger partial charge is 0.322 e. The third-order valence-electron chi connectivity index (χ3n) is 3.22. The molecule has 2 N–H and O–H groups in total. The number of esters is 1. The Labute approximate surface area is 130 Å². The van der Waals surface area contributed by atoms with Crippen molar-refractivity contribution in [3.63, 3.8) is 0 Å². The van der Waals surface area contributed by atoms with Gasteiger partial charge in [-0.15, -0.1) is 0 Å². The van der Waals surface area contributed by atoms with Gasteiger partial charge in [0.25, 0.3) is 0 Å². The van der Waals surface area contributed by atoms with E-state index >= 15 is 0 Å². The van der Waals surface area contributed by atoms with Crippen molar-refractivity contribution in [3.8, 4) is 0 Å². The average Bonchev–Trinajstić information content (AvgIpc) is 2.31. The summed E-state index contributed by atoms with van der Waals surface area (Å²) in [5.41, 5.74) is 6.46. The van der Waals surface area contributed by atoms with Gasteiger partial charge in [0.05, 0.1) is 0 Å². The second-order valence-electron chi connectivity index (χ2n) is 5.37. The minimum absolute atomic E-state index is 0.0116. The molecule has 0 saturated heterocycles.